The van der Waals surface area contributed by atoms with Gasteiger partial charge < -0.3 is 24.4 Å². The summed E-state index contributed by atoms with van der Waals surface area (Å²) in [5, 5.41) is 2.75. The highest BCUT2D eigenvalue weighted by atomic mass is 16.7. The van der Waals surface area contributed by atoms with Gasteiger partial charge in [-0.1, -0.05) is 18.2 Å². The summed E-state index contributed by atoms with van der Waals surface area (Å²) in [6.45, 7) is 5.91. The Kier molecular flexibility index (Phi) is 6.02. The monoisotopic (exact) mass is 350 g/mol. The molecule has 1 N–H and O–H groups in total. The lowest BCUT2D eigenvalue weighted by Gasteiger charge is -2.29. The van der Waals surface area contributed by atoms with Crippen molar-refractivity contribution in [3.63, 3.8) is 0 Å². The third-order valence-electron chi connectivity index (χ3n) is 3.90. The maximum absolute atomic E-state index is 12.7. The summed E-state index contributed by atoms with van der Waals surface area (Å²) in [6, 6.07) is 7.07. The van der Waals surface area contributed by atoms with Gasteiger partial charge in [0.2, 0.25) is 0 Å². The van der Waals surface area contributed by atoms with Crippen molar-refractivity contribution in [1.82, 2.24) is 10.2 Å². The molecular formula is C18H26N2O5. The van der Waals surface area contributed by atoms with E-state index in [1.807, 2.05) is 18.2 Å². The van der Waals surface area contributed by atoms with Crippen molar-refractivity contribution in [3.8, 4) is 0 Å². The Hall–Kier alpha value is -2.12. The third kappa shape index (κ3) is 4.70. The molecule has 1 unspecified atom stereocenters. The molecule has 1 aromatic rings. The molecule has 0 saturated heterocycles. The van der Waals surface area contributed by atoms with Gasteiger partial charge in [0, 0.05) is 26.3 Å². The first-order chi connectivity index (χ1) is 11.8. The second-order valence-corrected chi connectivity index (χ2v) is 6.84. The summed E-state index contributed by atoms with van der Waals surface area (Å²) < 4.78 is 15.7. The number of benzene rings is 1. The Bertz CT molecular complexity index is 622. The third-order valence-corrected chi connectivity index (χ3v) is 3.90. The van der Waals surface area contributed by atoms with Crippen LogP contribution in [-0.4, -0.2) is 56.1 Å². The quantitative estimate of drug-likeness (QED) is 0.797. The summed E-state index contributed by atoms with van der Waals surface area (Å²) in [5.41, 5.74) is 0.920. The number of rotatable bonds is 6. The van der Waals surface area contributed by atoms with Gasteiger partial charge in [-0.15, -0.1) is 0 Å². The van der Waals surface area contributed by atoms with E-state index in [2.05, 4.69) is 5.32 Å². The number of alkyl carbamates (subject to hydrolysis) is 1. The van der Waals surface area contributed by atoms with Crippen LogP contribution in [0.25, 0.3) is 0 Å². The number of nitrogens with one attached hydrogen (secondary N) is 1. The van der Waals surface area contributed by atoms with Crippen LogP contribution in [0.3, 0.4) is 0 Å². The molecule has 2 amide bonds. The average molecular weight is 350 g/mol. The lowest BCUT2D eigenvalue weighted by Crippen LogP contribution is -2.42. The second-order valence-electron chi connectivity index (χ2n) is 6.84. The standard InChI is InChI=1S/C18H26N2O5/c1-18(2,3)25-17(22)19-10-14-12-8-6-7-9-13(12)16(21)20(14)11-15(23-4)24-5/h6-9,14-15H,10-11H2,1-5H3,(H,19,22). The fraction of sp³-hybridized carbons (Fsp3) is 0.556. The predicted molar refractivity (Wildman–Crippen MR) is 92.3 cm³/mol. The van der Waals surface area contributed by atoms with Gasteiger partial charge >= 0.3 is 6.09 Å². The van der Waals surface area contributed by atoms with Gasteiger partial charge in [0.1, 0.15) is 5.60 Å². The zero-order valence-corrected chi connectivity index (χ0v) is 15.4. The Labute approximate surface area is 148 Å². The van der Waals surface area contributed by atoms with Gasteiger partial charge in [0.15, 0.2) is 6.29 Å². The van der Waals surface area contributed by atoms with Crippen molar-refractivity contribution in [3.05, 3.63) is 35.4 Å². The van der Waals surface area contributed by atoms with Crippen molar-refractivity contribution in [2.75, 3.05) is 27.3 Å². The first-order valence-corrected chi connectivity index (χ1v) is 8.19. The van der Waals surface area contributed by atoms with Crippen molar-refractivity contribution < 1.29 is 23.8 Å². The molecule has 1 aliphatic rings. The highest BCUT2D eigenvalue weighted by Gasteiger charge is 2.38. The van der Waals surface area contributed by atoms with Gasteiger partial charge in [0.25, 0.3) is 5.91 Å². The number of carbonyl (C=O) groups excluding carboxylic acids is 2. The largest absolute Gasteiger partial charge is 0.444 e. The number of ether oxygens (including phenoxy) is 3. The molecule has 25 heavy (non-hydrogen) atoms. The van der Waals surface area contributed by atoms with E-state index in [0.717, 1.165) is 5.56 Å². The molecule has 0 spiro atoms. The maximum atomic E-state index is 12.7. The summed E-state index contributed by atoms with van der Waals surface area (Å²) in [5.74, 6) is -0.106. The Balaban J connectivity index is 2.15. The molecule has 0 radical (unpaired) electrons. The van der Waals surface area contributed by atoms with Gasteiger partial charge in [-0.2, -0.15) is 0 Å². The Morgan fingerprint density at radius 3 is 2.48 bits per heavy atom. The minimum Gasteiger partial charge on any atom is -0.444 e. The molecule has 1 aliphatic heterocycles. The fourth-order valence-electron chi connectivity index (χ4n) is 2.78. The zero-order chi connectivity index (χ0) is 18.6. The molecule has 0 saturated carbocycles. The molecule has 0 aromatic heterocycles. The predicted octanol–water partition coefficient (Wildman–Crippen LogP) is 2.33. The van der Waals surface area contributed by atoms with E-state index in [1.54, 1.807) is 31.7 Å². The molecule has 1 heterocycles. The first kappa shape index (κ1) is 19.2. The first-order valence-electron chi connectivity index (χ1n) is 8.19. The van der Waals surface area contributed by atoms with E-state index < -0.39 is 18.0 Å². The van der Waals surface area contributed by atoms with Crippen LogP contribution in [0.5, 0.6) is 0 Å². The highest BCUT2D eigenvalue weighted by Crippen LogP contribution is 2.33. The summed E-state index contributed by atoms with van der Waals surface area (Å²) in [7, 11) is 3.05. The van der Waals surface area contributed by atoms with Crippen LogP contribution in [-0.2, 0) is 14.2 Å². The summed E-state index contributed by atoms with van der Waals surface area (Å²) >= 11 is 0. The number of carbonyl (C=O) groups is 2. The molecule has 7 heteroatoms. The number of nitrogens with zero attached hydrogens (tertiary/aromatic N) is 1. The molecule has 138 valence electrons. The van der Waals surface area contributed by atoms with Crippen LogP contribution >= 0.6 is 0 Å². The SMILES string of the molecule is COC(CN1C(=O)c2ccccc2C1CNC(=O)OC(C)(C)C)OC. The normalized spacial score (nSPS) is 17.0. The number of hydrogen-bond acceptors (Lipinski definition) is 5. The smallest absolute Gasteiger partial charge is 0.407 e. The second kappa shape index (κ2) is 7.84. The van der Waals surface area contributed by atoms with E-state index in [0.29, 0.717) is 5.56 Å². The topological polar surface area (TPSA) is 77.1 Å². The molecule has 0 fully saturated rings. The number of amides is 2. The zero-order valence-electron chi connectivity index (χ0n) is 15.4. The van der Waals surface area contributed by atoms with E-state index in [9.17, 15) is 9.59 Å². The molecular weight excluding hydrogens is 324 g/mol. The van der Waals surface area contributed by atoms with Gasteiger partial charge in [0.05, 0.1) is 12.6 Å². The number of methoxy groups -OCH3 is 2. The number of hydrogen-bond donors (Lipinski definition) is 1. The van der Waals surface area contributed by atoms with Crippen molar-refractivity contribution in [2.24, 2.45) is 0 Å². The fourth-order valence-corrected chi connectivity index (χ4v) is 2.78. The lowest BCUT2D eigenvalue weighted by atomic mass is 10.0. The molecule has 1 aromatic carbocycles. The van der Waals surface area contributed by atoms with Crippen molar-refractivity contribution >= 4 is 12.0 Å². The van der Waals surface area contributed by atoms with Crippen LogP contribution < -0.4 is 5.32 Å². The van der Waals surface area contributed by atoms with Gasteiger partial charge in [-0.25, -0.2) is 4.79 Å². The van der Waals surface area contributed by atoms with E-state index >= 15 is 0 Å². The lowest BCUT2D eigenvalue weighted by molar-refractivity contribution is -0.114. The highest BCUT2D eigenvalue weighted by molar-refractivity contribution is 5.99. The van der Waals surface area contributed by atoms with Gasteiger partial charge in [-0.3, -0.25) is 4.79 Å². The molecule has 1 atom stereocenters. The molecule has 7 nitrogen and oxygen atoms in total. The molecule has 2 rings (SSSR count). The van der Waals surface area contributed by atoms with Crippen molar-refractivity contribution in [2.45, 2.75) is 38.7 Å². The van der Waals surface area contributed by atoms with Crippen LogP contribution in [0, 0.1) is 0 Å². The van der Waals surface area contributed by atoms with Crippen LogP contribution in [0.4, 0.5) is 4.79 Å². The van der Waals surface area contributed by atoms with E-state index in [1.165, 1.54) is 14.2 Å². The van der Waals surface area contributed by atoms with Crippen LogP contribution in [0.1, 0.15) is 42.7 Å². The van der Waals surface area contributed by atoms with Crippen LogP contribution in [0.15, 0.2) is 24.3 Å². The maximum Gasteiger partial charge on any atom is 0.407 e. The van der Waals surface area contributed by atoms with Crippen molar-refractivity contribution in [1.29, 1.82) is 0 Å². The Morgan fingerprint density at radius 2 is 1.88 bits per heavy atom. The summed E-state index contributed by atoms with van der Waals surface area (Å²) in [6.07, 6.45) is -1.05. The minimum absolute atomic E-state index is 0.106. The average Bonchev–Trinajstić information content (AvgIpc) is 2.81. The van der Waals surface area contributed by atoms with Gasteiger partial charge in [-0.05, 0) is 32.4 Å². The number of fused-ring (bicyclic) bond motifs is 1. The van der Waals surface area contributed by atoms with Crippen LogP contribution in [0.2, 0.25) is 0 Å². The summed E-state index contributed by atoms with van der Waals surface area (Å²) in [4.78, 5) is 26.3. The minimum atomic E-state index is -0.579. The molecule has 0 aliphatic carbocycles. The van der Waals surface area contributed by atoms with E-state index in [-0.39, 0.29) is 25.0 Å². The van der Waals surface area contributed by atoms with E-state index in [4.69, 9.17) is 14.2 Å². The Morgan fingerprint density at radius 1 is 1.24 bits per heavy atom. The molecule has 0 bridgehead atoms.